The number of Topliss-reactive ketones (excluding diaryl/α,β-unsaturated/α-hetero) is 1. The molecule has 17 heavy (non-hydrogen) atoms. The maximum absolute atomic E-state index is 12.0. The van der Waals surface area contributed by atoms with Gasteiger partial charge >= 0.3 is 0 Å². The van der Waals surface area contributed by atoms with Crippen LogP contribution in [0.15, 0.2) is 18.2 Å². The van der Waals surface area contributed by atoms with E-state index in [1.165, 1.54) is 5.56 Å². The molecular weight excluding hydrogens is 212 g/mol. The van der Waals surface area contributed by atoms with Crippen molar-refractivity contribution >= 4 is 5.78 Å². The maximum atomic E-state index is 12.0. The highest BCUT2D eigenvalue weighted by atomic mass is 16.5. The molecule has 0 fully saturated rings. The van der Waals surface area contributed by atoms with E-state index < -0.39 is 0 Å². The lowest BCUT2D eigenvalue weighted by atomic mass is 9.96. The van der Waals surface area contributed by atoms with Gasteiger partial charge in [-0.1, -0.05) is 32.0 Å². The Hall–Kier alpha value is -1.15. The molecule has 0 aliphatic carbocycles. The average molecular weight is 234 g/mol. The fourth-order valence-corrected chi connectivity index (χ4v) is 1.84. The summed E-state index contributed by atoms with van der Waals surface area (Å²) in [6.45, 7) is 8.68. The first-order valence-electron chi connectivity index (χ1n) is 6.32. The second kappa shape index (κ2) is 6.55. The van der Waals surface area contributed by atoms with Crippen molar-refractivity contribution < 1.29 is 9.53 Å². The van der Waals surface area contributed by atoms with Gasteiger partial charge in [0.2, 0.25) is 0 Å². The van der Waals surface area contributed by atoms with Crippen LogP contribution in [0.1, 0.15) is 49.5 Å². The first-order chi connectivity index (χ1) is 8.11. The Bertz CT molecular complexity index is 383. The fraction of sp³-hybridized carbons (Fsp3) is 0.533. The molecule has 2 nitrogen and oxygen atoms in total. The smallest absolute Gasteiger partial charge is 0.165 e. The van der Waals surface area contributed by atoms with Crippen molar-refractivity contribution in [2.24, 2.45) is 0 Å². The zero-order chi connectivity index (χ0) is 12.8. The largest absolute Gasteiger partial charge is 0.366 e. The lowest BCUT2D eigenvalue weighted by molar-refractivity contribution is -0.130. The minimum atomic E-state index is -0.389. The number of carbonyl (C=O) groups is 1. The van der Waals surface area contributed by atoms with Gasteiger partial charge in [-0.15, -0.1) is 0 Å². The number of ketones is 1. The normalized spacial score (nSPS) is 12.5. The van der Waals surface area contributed by atoms with Gasteiger partial charge in [-0.3, -0.25) is 4.79 Å². The third-order valence-corrected chi connectivity index (χ3v) is 3.06. The van der Waals surface area contributed by atoms with Crippen LogP contribution in [0.3, 0.4) is 0 Å². The monoisotopic (exact) mass is 234 g/mol. The summed E-state index contributed by atoms with van der Waals surface area (Å²) in [6.07, 6.45) is 1.06. The van der Waals surface area contributed by atoms with Crippen molar-refractivity contribution in [3.05, 3.63) is 34.9 Å². The summed E-state index contributed by atoms with van der Waals surface area (Å²) in [5, 5.41) is 0. The van der Waals surface area contributed by atoms with Crippen LogP contribution in [-0.2, 0) is 9.53 Å². The van der Waals surface area contributed by atoms with Crippen LogP contribution in [0.25, 0.3) is 0 Å². The molecule has 0 amide bonds. The number of hydrogen-bond acceptors (Lipinski definition) is 2. The lowest BCUT2D eigenvalue weighted by Gasteiger charge is -2.19. The van der Waals surface area contributed by atoms with Crippen LogP contribution in [0.2, 0.25) is 0 Å². The third-order valence-electron chi connectivity index (χ3n) is 3.06. The minimum absolute atomic E-state index is 0.159. The van der Waals surface area contributed by atoms with Crippen LogP contribution >= 0.6 is 0 Å². The van der Waals surface area contributed by atoms with Gasteiger partial charge in [0.1, 0.15) is 6.10 Å². The quantitative estimate of drug-likeness (QED) is 0.749. The van der Waals surface area contributed by atoms with E-state index in [9.17, 15) is 4.79 Å². The SMILES string of the molecule is CCCOC(C(=O)CC)c1cccc(C)c1C. The molecule has 0 N–H and O–H groups in total. The molecule has 1 rings (SSSR count). The van der Waals surface area contributed by atoms with Crippen LogP contribution in [0.4, 0.5) is 0 Å². The van der Waals surface area contributed by atoms with Gasteiger partial charge in [0, 0.05) is 13.0 Å². The molecule has 0 spiro atoms. The number of hydrogen-bond donors (Lipinski definition) is 0. The molecule has 0 heterocycles. The number of aryl methyl sites for hydroxylation is 1. The van der Waals surface area contributed by atoms with Crippen LogP contribution < -0.4 is 0 Å². The molecule has 2 heteroatoms. The van der Waals surface area contributed by atoms with Crippen LogP contribution in [-0.4, -0.2) is 12.4 Å². The van der Waals surface area contributed by atoms with Crippen molar-refractivity contribution in [3.8, 4) is 0 Å². The number of benzene rings is 1. The van der Waals surface area contributed by atoms with E-state index in [2.05, 4.69) is 26.8 Å². The summed E-state index contributed by atoms with van der Waals surface area (Å²) < 4.78 is 5.72. The van der Waals surface area contributed by atoms with E-state index in [4.69, 9.17) is 4.74 Å². The Balaban J connectivity index is 3.03. The summed E-state index contributed by atoms with van der Waals surface area (Å²) in [5.74, 6) is 0.159. The van der Waals surface area contributed by atoms with Gasteiger partial charge in [0.15, 0.2) is 5.78 Å². The van der Waals surface area contributed by atoms with Crippen molar-refractivity contribution in [2.45, 2.75) is 46.6 Å². The highest BCUT2D eigenvalue weighted by molar-refractivity contribution is 5.84. The molecule has 0 saturated heterocycles. The van der Waals surface area contributed by atoms with Gasteiger partial charge in [0.25, 0.3) is 0 Å². The van der Waals surface area contributed by atoms with Crippen molar-refractivity contribution in [2.75, 3.05) is 6.61 Å². The Morgan fingerprint density at radius 2 is 2.00 bits per heavy atom. The highest BCUT2D eigenvalue weighted by Gasteiger charge is 2.21. The Morgan fingerprint density at radius 1 is 1.29 bits per heavy atom. The maximum Gasteiger partial charge on any atom is 0.165 e. The standard InChI is InChI=1S/C15H22O2/c1-5-10-17-15(14(16)6-2)13-9-7-8-11(3)12(13)4/h7-9,15H,5-6,10H2,1-4H3. The molecule has 1 aromatic rings. The fourth-order valence-electron chi connectivity index (χ4n) is 1.84. The molecule has 1 aromatic carbocycles. The van der Waals surface area contributed by atoms with E-state index in [1.807, 2.05) is 19.1 Å². The zero-order valence-corrected chi connectivity index (χ0v) is 11.2. The van der Waals surface area contributed by atoms with E-state index in [1.54, 1.807) is 0 Å². The van der Waals surface area contributed by atoms with Crippen molar-refractivity contribution in [1.29, 1.82) is 0 Å². The summed E-state index contributed by atoms with van der Waals surface area (Å²) in [5.41, 5.74) is 3.39. The molecule has 0 aromatic heterocycles. The Morgan fingerprint density at radius 3 is 2.59 bits per heavy atom. The lowest BCUT2D eigenvalue weighted by Crippen LogP contribution is -2.17. The first kappa shape index (κ1) is 13.9. The second-order valence-corrected chi connectivity index (χ2v) is 4.36. The third kappa shape index (κ3) is 3.40. The number of rotatable bonds is 6. The first-order valence-corrected chi connectivity index (χ1v) is 6.32. The van der Waals surface area contributed by atoms with E-state index in [-0.39, 0.29) is 11.9 Å². The minimum Gasteiger partial charge on any atom is -0.366 e. The molecule has 0 bridgehead atoms. The van der Waals surface area contributed by atoms with Crippen LogP contribution in [0, 0.1) is 13.8 Å². The Labute approximate surface area is 104 Å². The molecule has 1 unspecified atom stereocenters. The summed E-state index contributed by atoms with van der Waals surface area (Å²) in [6, 6.07) is 6.05. The molecule has 94 valence electrons. The molecular formula is C15H22O2. The molecule has 0 saturated carbocycles. The molecule has 0 aliphatic rings. The van der Waals surface area contributed by atoms with E-state index in [0.29, 0.717) is 13.0 Å². The molecule has 0 aliphatic heterocycles. The predicted octanol–water partition coefficient (Wildman–Crippen LogP) is 3.75. The summed E-state index contributed by atoms with van der Waals surface area (Å²) in [7, 11) is 0. The van der Waals surface area contributed by atoms with E-state index >= 15 is 0 Å². The van der Waals surface area contributed by atoms with Gasteiger partial charge in [-0.25, -0.2) is 0 Å². The molecule has 1 atom stereocenters. The summed E-state index contributed by atoms with van der Waals surface area (Å²) >= 11 is 0. The number of carbonyl (C=O) groups excluding carboxylic acids is 1. The predicted molar refractivity (Wildman–Crippen MR) is 70.2 cm³/mol. The van der Waals surface area contributed by atoms with Crippen molar-refractivity contribution in [3.63, 3.8) is 0 Å². The highest BCUT2D eigenvalue weighted by Crippen LogP contribution is 2.25. The van der Waals surface area contributed by atoms with Gasteiger partial charge in [-0.05, 0) is 37.0 Å². The zero-order valence-electron chi connectivity index (χ0n) is 11.2. The molecule has 0 radical (unpaired) electrons. The van der Waals surface area contributed by atoms with Gasteiger partial charge in [-0.2, -0.15) is 0 Å². The van der Waals surface area contributed by atoms with Crippen LogP contribution in [0.5, 0.6) is 0 Å². The van der Waals surface area contributed by atoms with Gasteiger partial charge in [0.05, 0.1) is 0 Å². The number of ether oxygens (including phenoxy) is 1. The summed E-state index contributed by atoms with van der Waals surface area (Å²) in [4.78, 5) is 12.0. The van der Waals surface area contributed by atoms with E-state index in [0.717, 1.165) is 17.5 Å². The average Bonchev–Trinajstić information content (AvgIpc) is 2.34. The van der Waals surface area contributed by atoms with Crippen molar-refractivity contribution in [1.82, 2.24) is 0 Å². The second-order valence-electron chi connectivity index (χ2n) is 4.36. The topological polar surface area (TPSA) is 26.3 Å². The Kier molecular flexibility index (Phi) is 5.36. The van der Waals surface area contributed by atoms with Gasteiger partial charge < -0.3 is 4.74 Å².